The molecule has 15 heavy (non-hydrogen) atoms. The number of anilines is 1. The van der Waals surface area contributed by atoms with Crippen molar-refractivity contribution < 1.29 is 9.47 Å². The number of aryl methyl sites for hydroxylation is 1. The van der Waals surface area contributed by atoms with Crippen molar-refractivity contribution in [1.82, 2.24) is 9.97 Å². The maximum Gasteiger partial charge on any atom is 0.225 e. The zero-order chi connectivity index (χ0) is 11.1. The molecule has 0 spiro atoms. The second kappa shape index (κ2) is 6.19. The van der Waals surface area contributed by atoms with E-state index in [1.807, 2.05) is 13.8 Å². The van der Waals surface area contributed by atoms with Crippen molar-refractivity contribution in [2.45, 2.75) is 13.8 Å². The Morgan fingerprint density at radius 2 is 2.20 bits per heavy atom. The van der Waals surface area contributed by atoms with Crippen molar-refractivity contribution in [3.05, 3.63) is 11.8 Å². The molecule has 0 atom stereocenters. The van der Waals surface area contributed by atoms with Crippen LogP contribution in [0.1, 0.15) is 12.5 Å². The van der Waals surface area contributed by atoms with Crippen molar-refractivity contribution >= 4 is 5.95 Å². The van der Waals surface area contributed by atoms with Crippen LogP contribution in [0.3, 0.4) is 0 Å². The fraction of sp³-hybridized carbons (Fsp3) is 0.600. The molecule has 0 amide bonds. The molecule has 5 nitrogen and oxygen atoms in total. The Hall–Kier alpha value is -1.36. The molecule has 84 valence electrons. The summed E-state index contributed by atoms with van der Waals surface area (Å²) in [6.45, 7) is 5.76. The minimum absolute atomic E-state index is 0.500. The lowest BCUT2D eigenvalue weighted by Crippen LogP contribution is -2.09. The van der Waals surface area contributed by atoms with Crippen LogP contribution in [0, 0.1) is 6.92 Å². The summed E-state index contributed by atoms with van der Waals surface area (Å²) in [6, 6.07) is 0. The lowest BCUT2D eigenvalue weighted by molar-refractivity contribution is 0.143. The normalized spacial score (nSPS) is 10.1. The summed E-state index contributed by atoms with van der Waals surface area (Å²) in [6.07, 6.45) is 1.74. The summed E-state index contributed by atoms with van der Waals surface area (Å²) in [5.41, 5.74) is 0.924. The summed E-state index contributed by atoms with van der Waals surface area (Å²) in [5, 5.41) is 3.03. The first kappa shape index (κ1) is 11.7. The van der Waals surface area contributed by atoms with E-state index in [0.717, 1.165) is 12.1 Å². The van der Waals surface area contributed by atoms with Gasteiger partial charge < -0.3 is 14.8 Å². The van der Waals surface area contributed by atoms with Crippen molar-refractivity contribution in [3.8, 4) is 5.88 Å². The van der Waals surface area contributed by atoms with Crippen LogP contribution in [-0.2, 0) is 4.74 Å². The maximum absolute atomic E-state index is 5.45. The van der Waals surface area contributed by atoms with E-state index in [-0.39, 0.29) is 0 Å². The number of methoxy groups -OCH3 is 1. The smallest absolute Gasteiger partial charge is 0.225 e. The first-order chi connectivity index (χ1) is 7.27. The van der Waals surface area contributed by atoms with Crippen molar-refractivity contribution in [2.24, 2.45) is 0 Å². The van der Waals surface area contributed by atoms with Gasteiger partial charge >= 0.3 is 0 Å². The number of nitrogens with zero attached hydrogens (tertiary/aromatic N) is 2. The molecule has 1 aromatic rings. The monoisotopic (exact) mass is 211 g/mol. The average molecular weight is 211 g/mol. The van der Waals surface area contributed by atoms with Gasteiger partial charge in [0, 0.05) is 25.4 Å². The summed E-state index contributed by atoms with van der Waals surface area (Å²) in [7, 11) is 1.64. The molecule has 0 saturated carbocycles. The van der Waals surface area contributed by atoms with E-state index < -0.39 is 0 Å². The van der Waals surface area contributed by atoms with Crippen molar-refractivity contribution in [1.29, 1.82) is 0 Å². The third kappa shape index (κ3) is 3.71. The fourth-order valence-electron chi connectivity index (χ4n) is 1.04. The quantitative estimate of drug-likeness (QED) is 0.717. The second-order valence-electron chi connectivity index (χ2n) is 3.05. The highest BCUT2D eigenvalue weighted by Crippen LogP contribution is 2.14. The predicted octanol–water partition coefficient (Wildman–Crippen LogP) is 1.24. The minimum Gasteiger partial charge on any atom is -0.475 e. The molecule has 1 heterocycles. The van der Waals surface area contributed by atoms with Gasteiger partial charge in [-0.15, -0.1) is 0 Å². The molecule has 0 aromatic carbocycles. The van der Waals surface area contributed by atoms with Crippen LogP contribution in [0.2, 0.25) is 0 Å². The molecular formula is C10H17N3O2. The van der Waals surface area contributed by atoms with Crippen LogP contribution in [0.25, 0.3) is 0 Å². The topological polar surface area (TPSA) is 56.3 Å². The fourth-order valence-corrected chi connectivity index (χ4v) is 1.04. The molecule has 0 fully saturated rings. The van der Waals surface area contributed by atoms with E-state index in [2.05, 4.69) is 15.3 Å². The second-order valence-corrected chi connectivity index (χ2v) is 3.05. The first-order valence-corrected chi connectivity index (χ1v) is 4.97. The molecule has 0 aliphatic carbocycles. The van der Waals surface area contributed by atoms with Gasteiger partial charge in [-0.05, 0) is 13.8 Å². The summed E-state index contributed by atoms with van der Waals surface area (Å²) < 4.78 is 10.3. The number of rotatable bonds is 6. The molecule has 0 aliphatic rings. The van der Waals surface area contributed by atoms with Crippen LogP contribution >= 0.6 is 0 Å². The first-order valence-electron chi connectivity index (χ1n) is 4.97. The Bertz CT molecular complexity index is 305. The largest absolute Gasteiger partial charge is 0.475 e. The van der Waals surface area contributed by atoms with E-state index in [9.17, 15) is 0 Å². The van der Waals surface area contributed by atoms with E-state index in [1.165, 1.54) is 0 Å². The predicted molar refractivity (Wildman–Crippen MR) is 58.3 cm³/mol. The average Bonchev–Trinajstić information content (AvgIpc) is 2.23. The van der Waals surface area contributed by atoms with Crippen LogP contribution in [-0.4, -0.2) is 36.8 Å². The van der Waals surface area contributed by atoms with Gasteiger partial charge in [-0.25, -0.2) is 4.98 Å². The van der Waals surface area contributed by atoms with E-state index in [1.54, 1.807) is 13.3 Å². The van der Waals surface area contributed by atoms with Gasteiger partial charge in [-0.2, -0.15) is 4.98 Å². The standard InChI is InChI=1S/C10H17N3O2/c1-4-11-10-12-7-8(2)9(13-10)15-6-5-14-3/h7H,4-6H2,1-3H3,(H,11,12,13). The third-order valence-corrected chi connectivity index (χ3v) is 1.79. The molecule has 0 radical (unpaired) electrons. The minimum atomic E-state index is 0.500. The molecule has 1 aromatic heterocycles. The van der Waals surface area contributed by atoms with Crippen molar-refractivity contribution in [3.63, 3.8) is 0 Å². The Labute approximate surface area is 89.8 Å². The highest BCUT2D eigenvalue weighted by molar-refractivity contribution is 5.32. The number of hydrogen-bond donors (Lipinski definition) is 1. The van der Waals surface area contributed by atoms with Gasteiger partial charge in [0.25, 0.3) is 0 Å². The molecule has 0 bridgehead atoms. The van der Waals surface area contributed by atoms with Gasteiger partial charge in [0.05, 0.1) is 6.61 Å². The Morgan fingerprint density at radius 3 is 2.87 bits per heavy atom. The van der Waals surface area contributed by atoms with Gasteiger partial charge in [-0.1, -0.05) is 0 Å². The van der Waals surface area contributed by atoms with Gasteiger partial charge in [0.2, 0.25) is 11.8 Å². The van der Waals surface area contributed by atoms with Crippen LogP contribution in [0.15, 0.2) is 6.20 Å². The molecule has 5 heteroatoms. The Morgan fingerprint density at radius 1 is 1.40 bits per heavy atom. The van der Waals surface area contributed by atoms with Gasteiger partial charge in [-0.3, -0.25) is 0 Å². The van der Waals surface area contributed by atoms with E-state index >= 15 is 0 Å². The van der Waals surface area contributed by atoms with E-state index in [0.29, 0.717) is 25.0 Å². The maximum atomic E-state index is 5.45. The molecule has 0 unspecified atom stereocenters. The Balaban J connectivity index is 2.63. The van der Waals surface area contributed by atoms with Gasteiger partial charge in [0.15, 0.2) is 0 Å². The molecule has 1 rings (SSSR count). The molecule has 0 saturated heterocycles. The highest BCUT2D eigenvalue weighted by atomic mass is 16.5. The van der Waals surface area contributed by atoms with Gasteiger partial charge in [0.1, 0.15) is 6.61 Å². The van der Waals surface area contributed by atoms with Crippen LogP contribution in [0.5, 0.6) is 5.88 Å². The molecular weight excluding hydrogens is 194 g/mol. The Kier molecular flexibility index (Phi) is 4.83. The summed E-state index contributed by atoms with van der Waals surface area (Å²) >= 11 is 0. The molecule has 1 N–H and O–H groups in total. The van der Waals surface area contributed by atoms with E-state index in [4.69, 9.17) is 9.47 Å². The number of ether oxygens (including phenoxy) is 2. The number of hydrogen-bond acceptors (Lipinski definition) is 5. The summed E-state index contributed by atoms with van der Waals surface area (Å²) in [5.74, 6) is 1.20. The lowest BCUT2D eigenvalue weighted by atomic mass is 10.4. The molecule has 0 aliphatic heterocycles. The lowest BCUT2D eigenvalue weighted by Gasteiger charge is -2.08. The van der Waals surface area contributed by atoms with Crippen LogP contribution < -0.4 is 10.1 Å². The third-order valence-electron chi connectivity index (χ3n) is 1.79. The van der Waals surface area contributed by atoms with Crippen LogP contribution in [0.4, 0.5) is 5.95 Å². The van der Waals surface area contributed by atoms with Crippen molar-refractivity contribution in [2.75, 3.05) is 32.2 Å². The number of aromatic nitrogens is 2. The zero-order valence-corrected chi connectivity index (χ0v) is 9.41. The summed E-state index contributed by atoms with van der Waals surface area (Å²) in [4.78, 5) is 8.36. The zero-order valence-electron chi connectivity index (χ0n) is 9.41. The number of nitrogens with one attached hydrogen (secondary N) is 1. The highest BCUT2D eigenvalue weighted by Gasteiger charge is 2.03. The SMILES string of the molecule is CCNc1ncc(C)c(OCCOC)n1.